The van der Waals surface area contributed by atoms with E-state index in [-0.39, 0.29) is 11.3 Å². The molecule has 0 saturated heterocycles. The van der Waals surface area contributed by atoms with E-state index in [9.17, 15) is 14.9 Å². The molecular weight excluding hydrogens is 280 g/mol. The van der Waals surface area contributed by atoms with Gasteiger partial charge in [-0.2, -0.15) is 0 Å². The Bertz CT molecular complexity index is 745. The maximum Gasteiger partial charge on any atom is 0.337 e. The van der Waals surface area contributed by atoms with Crippen LogP contribution in [-0.2, 0) is 0 Å². The highest BCUT2D eigenvalue weighted by atomic mass is 32.2. The lowest BCUT2D eigenvalue weighted by atomic mass is 10.1. The number of nitrogens with one attached hydrogen (secondary N) is 1. The average molecular weight is 288 g/mol. The van der Waals surface area contributed by atoms with Gasteiger partial charge in [-0.1, -0.05) is 17.8 Å². The highest BCUT2D eigenvalue weighted by molar-refractivity contribution is 7.99. The van der Waals surface area contributed by atoms with Crippen molar-refractivity contribution < 1.29 is 14.8 Å². The minimum Gasteiger partial charge on any atom is -0.478 e. The van der Waals surface area contributed by atoms with Gasteiger partial charge in [0.15, 0.2) is 0 Å². The number of hydrogen-bond acceptors (Lipinski definition) is 5. The second-order valence-electron chi connectivity index (χ2n) is 4.15. The third-order valence-corrected chi connectivity index (χ3v) is 4.03. The lowest BCUT2D eigenvalue weighted by Crippen LogP contribution is -2.07. The quantitative estimate of drug-likeness (QED) is 0.554. The van der Waals surface area contributed by atoms with Gasteiger partial charge in [0.25, 0.3) is 5.69 Å². The number of carbonyl (C=O) groups is 1. The van der Waals surface area contributed by atoms with E-state index in [1.54, 1.807) is 18.2 Å². The van der Waals surface area contributed by atoms with Crippen molar-refractivity contribution in [2.75, 3.05) is 5.32 Å². The maximum atomic E-state index is 11.2. The van der Waals surface area contributed by atoms with Crippen LogP contribution in [0, 0.1) is 10.1 Å². The van der Waals surface area contributed by atoms with Gasteiger partial charge in [0, 0.05) is 21.9 Å². The van der Waals surface area contributed by atoms with Gasteiger partial charge in [-0.05, 0) is 18.2 Å². The summed E-state index contributed by atoms with van der Waals surface area (Å²) in [6.45, 7) is 0. The Kier molecular flexibility index (Phi) is 2.83. The molecule has 0 aliphatic carbocycles. The Labute approximate surface area is 117 Å². The number of hydrogen-bond donors (Lipinski definition) is 2. The largest absolute Gasteiger partial charge is 0.478 e. The van der Waals surface area contributed by atoms with E-state index in [2.05, 4.69) is 5.32 Å². The van der Waals surface area contributed by atoms with Crippen molar-refractivity contribution in [2.45, 2.75) is 9.79 Å². The third kappa shape index (κ3) is 1.97. The fraction of sp³-hybridized carbons (Fsp3) is 0. The third-order valence-electron chi connectivity index (χ3n) is 2.91. The van der Waals surface area contributed by atoms with Crippen LogP contribution in [-0.4, -0.2) is 16.0 Å². The minimum atomic E-state index is -1.01. The molecule has 0 bridgehead atoms. The number of para-hydroxylation sites is 1. The summed E-state index contributed by atoms with van der Waals surface area (Å²) < 4.78 is 0. The molecule has 0 amide bonds. The van der Waals surface area contributed by atoms with E-state index < -0.39 is 10.9 Å². The molecule has 0 aromatic heterocycles. The first-order valence-corrected chi connectivity index (χ1v) is 6.47. The normalized spacial score (nSPS) is 12.0. The molecule has 2 aromatic carbocycles. The first kappa shape index (κ1) is 12.5. The van der Waals surface area contributed by atoms with Crippen molar-refractivity contribution in [3.63, 3.8) is 0 Å². The van der Waals surface area contributed by atoms with Crippen LogP contribution in [0.25, 0.3) is 0 Å². The van der Waals surface area contributed by atoms with E-state index in [1.165, 1.54) is 30.0 Å². The van der Waals surface area contributed by atoms with Crippen LogP contribution in [0.5, 0.6) is 0 Å². The van der Waals surface area contributed by atoms with Crippen LogP contribution in [0.4, 0.5) is 17.1 Å². The lowest BCUT2D eigenvalue weighted by Gasteiger charge is -2.21. The van der Waals surface area contributed by atoms with Crippen LogP contribution in [0.15, 0.2) is 46.2 Å². The van der Waals surface area contributed by atoms with Crippen molar-refractivity contribution in [1.29, 1.82) is 0 Å². The highest BCUT2D eigenvalue weighted by Gasteiger charge is 2.22. The van der Waals surface area contributed by atoms with E-state index in [0.29, 0.717) is 16.3 Å². The summed E-state index contributed by atoms with van der Waals surface area (Å²) in [6.07, 6.45) is 0. The van der Waals surface area contributed by atoms with Crippen molar-refractivity contribution in [3.8, 4) is 0 Å². The van der Waals surface area contributed by atoms with Gasteiger partial charge in [0.2, 0.25) is 0 Å². The predicted molar refractivity (Wildman–Crippen MR) is 73.9 cm³/mol. The number of nitro groups is 1. The molecule has 1 heterocycles. The fourth-order valence-corrected chi connectivity index (χ4v) is 3.04. The Balaban J connectivity index is 2.08. The standard InChI is InChI=1S/C13H8N2O4S/c16-13(17)8-2-1-3-10-12(8)14-9-5-4-7(15(18)19)6-11(9)20-10/h1-6,14H,(H,16,17). The van der Waals surface area contributed by atoms with Crippen LogP contribution in [0.2, 0.25) is 0 Å². The summed E-state index contributed by atoms with van der Waals surface area (Å²) in [5.41, 5.74) is 1.38. The molecule has 0 atom stereocenters. The molecule has 20 heavy (non-hydrogen) atoms. The molecule has 7 heteroatoms. The van der Waals surface area contributed by atoms with Crippen molar-refractivity contribution in [1.82, 2.24) is 0 Å². The van der Waals surface area contributed by atoms with Crippen LogP contribution < -0.4 is 5.32 Å². The van der Waals surface area contributed by atoms with Crippen molar-refractivity contribution in [2.24, 2.45) is 0 Å². The van der Waals surface area contributed by atoms with Gasteiger partial charge in [-0.3, -0.25) is 10.1 Å². The number of rotatable bonds is 2. The van der Waals surface area contributed by atoms with Gasteiger partial charge < -0.3 is 10.4 Å². The van der Waals surface area contributed by atoms with Crippen LogP contribution >= 0.6 is 11.8 Å². The molecule has 0 fully saturated rings. The van der Waals surface area contributed by atoms with Crippen LogP contribution in [0.3, 0.4) is 0 Å². The number of carboxylic acid groups (broad SMARTS) is 1. The number of anilines is 2. The summed E-state index contributed by atoms with van der Waals surface area (Å²) >= 11 is 1.32. The van der Waals surface area contributed by atoms with E-state index >= 15 is 0 Å². The molecule has 2 N–H and O–H groups in total. The zero-order valence-electron chi connectivity index (χ0n) is 9.99. The summed E-state index contributed by atoms with van der Waals surface area (Å²) in [4.78, 5) is 22.9. The smallest absolute Gasteiger partial charge is 0.337 e. The minimum absolute atomic E-state index is 0.0101. The maximum absolute atomic E-state index is 11.2. The summed E-state index contributed by atoms with van der Waals surface area (Å²) in [7, 11) is 0. The fourth-order valence-electron chi connectivity index (χ4n) is 1.99. The monoisotopic (exact) mass is 288 g/mol. The van der Waals surface area contributed by atoms with Crippen LogP contribution in [0.1, 0.15) is 10.4 Å². The number of non-ortho nitro benzene ring substituents is 1. The molecule has 0 spiro atoms. The first-order chi connectivity index (χ1) is 9.56. The molecule has 6 nitrogen and oxygen atoms in total. The molecular formula is C13H8N2O4S. The molecule has 1 aliphatic rings. The number of carboxylic acids is 1. The molecule has 1 aliphatic heterocycles. The number of nitrogens with zero attached hydrogens (tertiary/aromatic N) is 1. The summed E-state index contributed by atoms with van der Waals surface area (Å²) in [6, 6.07) is 9.40. The van der Waals surface area contributed by atoms with Gasteiger partial charge in [0.1, 0.15) is 0 Å². The molecule has 3 rings (SSSR count). The molecule has 0 saturated carbocycles. The number of nitro benzene ring substituents is 1. The zero-order chi connectivity index (χ0) is 14.3. The summed E-state index contributed by atoms with van der Waals surface area (Å²) in [5.74, 6) is -1.01. The lowest BCUT2D eigenvalue weighted by molar-refractivity contribution is -0.385. The summed E-state index contributed by atoms with van der Waals surface area (Å²) in [5, 5.41) is 23.0. The zero-order valence-corrected chi connectivity index (χ0v) is 10.8. The average Bonchev–Trinajstić information content (AvgIpc) is 2.43. The Morgan fingerprint density at radius 2 is 2.05 bits per heavy atom. The van der Waals surface area contributed by atoms with Crippen molar-refractivity contribution in [3.05, 3.63) is 52.1 Å². The second kappa shape index (κ2) is 4.53. The molecule has 2 aromatic rings. The van der Waals surface area contributed by atoms with Gasteiger partial charge in [-0.15, -0.1) is 0 Å². The van der Waals surface area contributed by atoms with E-state index in [4.69, 9.17) is 5.11 Å². The topological polar surface area (TPSA) is 92.5 Å². The van der Waals surface area contributed by atoms with Gasteiger partial charge in [0.05, 0.1) is 21.9 Å². The molecule has 0 radical (unpaired) electrons. The van der Waals surface area contributed by atoms with E-state index in [1.807, 2.05) is 0 Å². The van der Waals surface area contributed by atoms with E-state index in [0.717, 1.165) is 4.90 Å². The highest BCUT2D eigenvalue weighted by Crippen LogP contribution is 2.46. The van der Waals surface area contributed by atoms with Gasteiger partial charge in [-0.25, -0.2) is 4.79 Å². The number of aromatic carboxylic acids is 1. The SMILES string of the molecule is O=C(O)c1cccc2c1Nc1ccc([N+](=O)[O-])cc1S2. The Hall–Kier alpha value is -2.54. The second-order valence-corrected chi connectivity index (χ2v) is 5.23. The Morgan fingerprint density at radius 3 is 2.75 bits per heavy atom. The predicted octanol–water partition coefficient (Wildman–Crippen LogP) is 3.50. The molecule has 100 valence electrons. The number of fused-ring (bicyclic) bond motifs is 2. The molecule has 0 unspecified atom stereocenters. The number of benzene rings is 2. The van der Waals surface area contributed by atoms with Gasteiger partial charge >= 0.3 is 5.97 Å². The Morgan fingerprint density at radius 1 is 1.25 bits per heavy atom. The van der Waals surface area contributed by atoms with Crippen molar-refractivity contribution >= 4 is 34.8 Å². The first-order valence-electron chi connectivity index (χ1n) is 5.66.